The predicted molar refractivity (Wildman–Crippen MR) is 105 cm³/mol. The number of hydrogen-bond donors (Lipinski definition) is 3. The molecule has 144 valence electrons. The van der Waals surface area contributed by atoms with Crippen LogP contribution in [0.5, 0.6) is 11.5 Å². The molecule has 2 aromatic carbocycles. The van der Waals surface area contributed by atoms with Gasteiger partial charge in [0.15, 0.2) is 18.1 Å². The number of ether oxygens (including phenoxy) is 2. The van der Waals surface area contributed by atoms with E-state index in [2.05, 4.69) is 26.6 Å². The normalized spacial score (nSPS) is 10.3. The second-order valence-electron chi connectivity index (χ2n) is 5.76. The van der Waals surface area contributed by atoms with E-state index in [9.17, 15) is 9.59 Å². The zero-order valence-corrected chi connectivity index (χ0v) is 16.6. The number of carboxylic acid groups (broad SMARTS) is 1. The number of anilines is 1. The van der Waals surface area contributed by atoms with Gasteiger partial charge in [-0.3, -0.25) is 9.59 Å². The molecular weight excluding hydrogens is 416 g/mol. The molecule has 0 aliphatic rings. The molecule has 0 bridgehead atoms. The average Bonchev–Trinajstić information content (AvgIpc) is 2.63. The summed E-state index contributed by atoms with van der Waals surface area (Å²) in [5, 5.41) is 14.3. The van der Waals surface area contributed by atoms with Crippen molar-refractivity contribution < 1.29 is 24.2 Å². The fraction of sp³-hybridized carbons (Fsp3) is 0.263. The maximum Gasteiger partial charge on any atom is 0.317 e. The summed E-state index contributed by atoms with van der Waals surface area (Å²) in [6.45, 7) is 1.79. The molecule has 2 rings (SSSR count). The molecule has 0 aromatic heterocycles. The smallest absolute Gasteiger partial charge is 0.317 e. The Kier molecular flexibility index (Phi) is 7.63. The highest BCUT2D eigenvalue weighted by Gasteiger charge is 2.16. The van der Waals surface area contributed by atoms with Gasteiger partial charge < -0.3 is 25.2 Å². The van der Waals surface area contributed by atoms with Gasteiger partial charge in [0.1, 0.15) is 0 Å². The summed E-state index contributed by atoms with van der Waals surface area (Å²) >= 11 is 3.42. The molecule has 0 saturated carbocycles. The van der Waals surface area contributed by atoms with Gasteiger partial charge in [0.25, 0.3) is 5.91 Å². The van der Waals surface area contributed by atoms with E-state index >= 15 is 0 Å². The first-order chi connectivity index (χ1) is 12.9. The molecule has 3 N–H and O–H groups in total. The van der Waals surface area contributed by atoms with Crippen molar-refractivity contribution in [2.75, 3.05) is 25.6 Å². The van der Waals surface area contributed by atoms with Crippen molar-refractivity contribution in [3.05, 3.63) is 52.0 Å². The number of carbonyl (C=O) groups excluding carboxylic acids is 1. The van der Waals surface area contributed by atoms with Gasteiger partial charge in [-0.2, -0.15) is 0 Å². The van der Waals surface area contributed by atoms with Crippen LogP contribution in [0, 0.1) is 6.92 Å². The third-order valence-corrected chi connectivity index (χ3v) is 4.39. The van der Waals surface area contributed by atoms with Crippen molar-refractivity contribution >= 4 is 33.5 Å². The summed E-state index contributed by atoms with van der Waals surface area (Å²) in [6, 6.07) is 10.9. The monoisotopic (exact) mass is 436 g/mol. The van der Waals surface area contributed by atoms with E-state index in [-0.39, 0.29) is 25.6 Å². The molecular formula is C19H21BrN2O5. The Morgan fingerprint density at radius 2 is 1.85 bits per heavy atom. The first-order valence-electron chi connectivity index (χ1n) is 8.18. The van der Waals surface area contributed by atoms with Gasteiger partial charge >= 0.3 is 5.97 Å². The van der Waals surface area contributed by atoms with Crippen LogP contribution >= 0.6 is 15.9 Å². The predicted octanol–water partition coefficient (Wildman–Crippen LogP) is 2.96. The van der Waals surface area contributed by atoms with Crippen molar-refractivity contribution in [2.45, 2.75) is 13.5 Å². The summed E-state index contributed by atoms with van der Waals surface area (Å²) in [4.78, 5) is 22.9. The number of amides is 1. The van der Waals surface area contributed by atoms with Crippen molar-refractivity contribution in [1.82, 2.24) is 5.32 Å². The van der Waals surface area contributed by atoms with Gasteiger partial charge in [-0.1, -0.05) is 33.6 Å². The Hall–Kier alpha value is -2.58. The Morgan fingerprint density at radius 3 is 2.48 bits per heavy atom. The number of carboxylic acids is 1. The Labute approximate surface area is 165 Å². The van der Waals surface area contributed by atoms with Gasteiger partial charge in [0, 0.05) is 22.3 Å². The lowest BCUT2D eigenvalue weighted by atomic mass is 10.2. The Morgan fingerprint density at radius 1 is 1.15 bits per heavy atom. The number of halogens is 1. The van der Waals surface area contributed by atoms with Crippen molar-refractivity contribution in [2.24, 2.45) is 0 Å². The van der Waals surface area contributed by atoms with E-state index < -0.39 is 5.97 Å². The summed E-state index contributed by atoms with van der Waals surface area (Å²) in [6.07, 6.45) is 0. The number of rotatable bonds is 9. The van der Waals surface area contributed by atoms with Crippen LogP contribution in [0.4, 0.5) is 5.69 Å². The SMILES string of the molecule is COc1ccc(Br)c(CNCC(=O)O)c1OCC(=O)Nc1ccc(C)cc1. The van der Waals surface area contributed by atoms with Crippen LogP contribution < -0.4 is 20.1 Å². The van der Waals surface area contributed by atoms with Gasteiger partial charge in [0.05, 0.1) is 13.7 Å². The number of aryl methyl sites for hydroxylation is 1. The fourth-order valence-corrected chi connectivity index (χ4v) is 2.78. The van der Waals surface area contributed by atoms with E-state index in [1.54, 1.807) is 12.1 Å². The van der Waals surface area contributed by atoms with Crippen LogP contribution in [0.2, 0.25) is 0 Å². The molecule has 0 fully saturated rings. The minimum atomic E-state index is -0.964. The lowest BCUT2D eigenvalue weighted by molar-refractivity contribution is -0.136. The molecule has 0 unspecified atom stereocenters. The highest BCUT2D eigenvalue weighted by atomic mass is 79.9. The van der Waals surface area contributed by atoms with Gasteiger partial charge in [-0.15, -0.1) is 0 Å². The molecule has 0 radical (unpaired) electrons. The molecule has 0 atom stereocenters. The highest BCUT2D eigenvalue weighted by molar-refractivity contribution is 9.10. The van der Waals surface area contributed by atoms with Crippen LogP contribution in [0.15, 0.2) is 40.9 Å². The van der Waals surface area contributed by atoms with E-state index in [4.69, 9.17) is 14.6 Å². The van der Waals surface area contributed by atoms with E-state index in [1.807, 2.05) is 31.2 Å². The van der Waals surface area contributed by atoms with Crippen molar-refractivity contribution in [3.63, 3.8) is 0 Å². The number of nitrogens with one attached hydrogen (secondary N) is 2. The van der Waals surface area contributed by atoms with Crippen molar-refractivity contribution in [3.8, 4) is 11.5 Å². The minimum Gasteiger partial charge on any atom is -0.493 e. The van der Waals surface area contributed by atoms with E-state index in [0.29, 0.717) is 22.7 Å². The van der Waals surface area contributed by atoms with Gasteiger partial charge in [0.2, 0.25) is 0 Å². The molecule has 0 spiro atoms. The number of hydrogen-bond acceptors (Lipinski definition) is 5. The van der Waals surface area contributed by atoms with Crippen LogP contribution in [0.1, 0.15) is 11.1 Å². The Balaban J connectivity index is 2.08. The lowest BCUT2D eigenvalue weighted by Gasteiger charge is -2.17. The number of benzene rings is 2. The number of aliphatic carboxylic acids is 1. The molecule has 0 aliphatic heterocycles. The van der Waals surface area contributed by atoms with Crippen LogP contribution in [0.25, 0.3) is 0 Å². The minimum absolute atomic E-state index is 0.197. The maximum absolute atomic E-state index is 12.2. The average molecular weight is 437 g/mol. The molecule has 0 heterocycles. The number of carbonyl (C=O) groups is 2. The first kappa shape index (κ1) is 20.7. The maximum atomic E-state index is 12.2. The second-order valence-corrected chi connectivity index (χ2v) is 6.61. The standard InChI is InChI=1S/C19H21BrN2O5/c1-12-3-5-13(6-4-12)22-17(23)11-27-19-14(9-21-10-18(24)25)15(20)7-8-16(19)26-2/h3-8,21H,9-11H2,1-2H3,(H,22,23)(H,24,25). The molecule has 7 nitrogen and oxygen atoms in total. The molecule has 0 aliphatic carbocycles. The van der Waals surface area contributed by atoms with Gasteiger partial charge in [-0.25, -0.2) is 0 Å². The first-order valence-corrected chi connectivity index (χ1v) is 8.97. The topological polar surface area (TPSA) is 96.9 Å². The summed E-state index contributed by atoms with van der Waals surface area (Å²) in [5.74, 6) is -0.448. The molecule has 1 amide bonds. The second kappa shape index (κ2) is 9.94. The fourth-order valence-electron chi connectivity index (χ4n) is 2.33. The molecule has 0 saturated heterocycles. The highest BCUT2D eigenvalue weighted by Crippen LogP contribution is 2.36. The quantitative estimate of drug-likeness (QED) is 0.558. The van der Waals surface area contributed by atoms with Crippen LogP contribution in [-0.4, -0.2) is 37.2 Å². The largest absolute Gasteiger partial charge is 0.493 e. The van der Waals surface area contributed by atoms with E-state index in [1.165, 1.54) is 7.11 Å². The van der Waals surface area contributed by atoms with E-state index in [0.717, 1.165) is 10.0 Å². The lowest BCUT2D eigenvalue weighted by Crippen LogP contribution is -2.24. The molecule has 8 heteroatoms. The third-order valence-electron chi connectivity index (χ3n) is 3.65. The molecule has 27 heavy (non-hydrogen) atoms. The third kappa shape index (κ3) is 6.26. The zero-order chi connectivity index (χ0) is 19.8. The zero-order valence-electron chi connectivity index (χ0n) is 15.0. The Bertz CT molecular complexity index is 808. The summed E-state index contributed by atoms with van der Waals surface area (Å²) in [5.41, 5.74) is 2.44. The summed E-state index contributed by atoms with van der Waals surface area (Å²) < 4.78 is 11.7. The van der Waals surface area contributed by atoms with Crippen LogP contribution in [0.3, 0.4) is 0 Å². The molecule has 2 aromatic rings. The van der Waals surface area contributed by atoms with Crippen LogP contribution in [-0.2, 0) is 16.1 Å². The number of methoxy groups -OCH3 is 1. The van der Waals surface area contributed by atoms with Crippen molar-refractivity contribution in [1.29, 1.82) is 0 Å². The summed E-state index contributed by atoms with van der Waals surface area (Å²) in [7, 11) is 1.50. The van der Waals surface area contributed by atoms with Gasteiger partial charge in [-0.05, 0) is 31.2 Å².